The van der Waals surface area contributed by atoms with Crippen LogP contribution in [0.1, 0.15) is 58.2 Å². The van der Waals surface area contributed by atoms with Gasteiger partial charge in [-0.3, -0.25) is 9.59 Å². The molecule has 4 aromatic carbocycles. The minimum Gasteiger partial charge on any atom is -0.363 e. The molecular formula is C33H32N2O2. The van der Waals surface area contributed by atoms with E-state index < -0.39 is 0 Å². The van der Waals surface area contributed by atoms with Crippen LogP contribution in [0.3, 0.4) is 0 Å². The second kappa shape index (κ2) is 10.1. The Hall–Kier alpha value is -4.18. The molecule has 1 N–H and O–H groups in total. The van der Waals surface area contributed by atoms with Crippen LogP contribution >= 0.6 is 0 Å². The van der Waals surface area contributed by atoms with Crippen molar-refractivity contribution >= 4 is 23.1 Å². The number of amides is 1. The number of rotatable bonds is 7. The average Bonchev–Trinajstić information content (AvgIpc) is 3.10. The molecule has 1 heterocycles. The number of nitrogens with one attached hydrogen (secondary N) is 1. The lowest BCUT2D eigenvalue weighted by molar-refractivity contribution is 0.0991. The van der Waals surface area contributed by atoms with E-state index in [1.807, 2.05) is 78.9 Å². The molecule has 0 aliphatic carbocycles. The van der Waals surface area contributed by atoms with Crippen LogP contribution in [0.15, 0.2) is 103 Å². The van der Waals surface area contributed by atoms with E-state index in [1.165, 1.54) is 5.56 Å². The Morgan fingerprint density at radius 1 is 0.784 bits per heavy atom. The molecular weight excluding hydrogens is 456 g/mol. The smallest absolute Gasteiger partial charge is 0.255 e. The molecule has 0 fully saturated rings. The molecule has 1 aliphatic heterocycles. The quantitative estimate of drug-likeness (QED) is 0.284. The predicted octanol–water partition coefficient (Wildman–Crippen LogP) is 7.05. The summed E-state index contributed by atoms with van der Waals surface area (Å²) in [5, 5.41) is 3.06. The van der Waals surface area contributed by atoms with E-state index in [0.717, 1.165) is 34.6 Å². The van der Waals surface area contributed by atoms with E-state index in [2.05, 4.69) is 55.3 Å². The summed E-state index contributed by atoms with van der Waals surface area (Å²) in [5.41, 5.74) is 6.69. The summed E-state index contributed by atoms with van der Waals surface area (Å²) in [5.74, 6) is 0.00533. The SMILES string of the molecule is CC1N(Cc2cccc(CC(=O)c3ccccc3)c2)c2cc(NC(=O)c3ccccc3)ccc2C1(C)C. The van der Waals surface area contributed by atoms with E-state index in [4.69, 9.17) is 0 Å². The maximum absolute atomic E-state index is 12.8. The summed E-state index contributed by atoms with van der Waals surface area (Å²) < 4.78 is 0. The van der Waals surface area contributed by atoms with Crippen LogP contribution in [-0.4, -0.2) is 17.7 Å². The van der Waals surface area contributed by atoms with Crippen molar-refractivity contribution in [2.45, 2.75) is 45.2 Å². The van der Waals surface area contributed by atoms with Gasteiger partial charge in [-0.2, -0.15) is 0 Å². The number of fused-ring (bicyclic) bond motifs is 1. The fraction of sp³-hybridized carbons (Fsp3) is 0.212. The van der Waals surface area contributed by atoms with Gasteiger partial charge in [-0.05, 0) is 47.9 Å². The van der Waals surface area contributed by atoms with Gasteiger partial charge in [-0.1, -0.05) is 92.7 Å². The lowest BCUT2D eigenvalue weighted by Gasteiger charge is -2.31. The molecule has 4 heteroatoms. The van der Waals surface area contributed by atoms with Crippen LogP contribution in [0.5, 0.6) is 0 Å². The van der Waals surface area contributed by atoms with Crippen LogP contribution in [0.2, 0.25) is 0 Å². The monoisotopic (exact) mass is 488 g/mol. The number of Topliss-reactive ketones (excluding diaryl/α,β-unsaturated/α-hetero) is 1. The van der Waals surface area contributed by atoms with Crippen molar-refractivity contribution in [3.05, 3.63) is 131 Å². The van der Waals surface area contributed by atoms with Gasteiger partial charge in [0.25, 0.3) is 5.91 Å². The Labute approximate surface area is 219 Å². The van der Waals surface area contributed by atoms with Crippen molar-refractivity contribution in [3.8, 4) is 0 Å². The second-order valence-corrected chi connectivity index (χ2v) is 10.4. The third-order valence-corrected chi connectivity index (χ3v) is 7.61. The Balaban J connectivity index is 1.38. The van der Waals surface area contributed by atoms with E-state index in [1.54, 1.807) is 0 Å². The highest BCUT2D eigenvalue weighted by Crippen LogP contribution is 2.46. The number of nitrogens with zero attached hydrogens (tertiary/aromatic N) is 1. The minimum absolute atomic E-state index is 0.0435. The molecule has 1 amide bonds. The molecule has 1 atom stereocenters. The predicted molar refractivity (Wildman–Crippen MR) is 150 cm³/mol. The van der Waals surface area contributed by atoms with Crippen LogP contribution < -0.4 is 10.2 Å². The zero-order valence-corrected chi connectivity index (χ0v) is 21.6. The Morgan fingerprint density at radius 2 is 1.43 bits per heavy atom. The number of ketones is 1. The van der Waals surface area contributed by atoms with Gasteiger partial charge in [-0.15, -0.1) is 0 Å². The number of benzene rings is 4. The molecule has 37 heavy (non-hydrogen) atoms. The Morgan fingerprint density at radius 3 is 2.14 bits per heavy atom. The van der Waals surface area contributed by atoms with Gasteiger partial charge in [0, 0.05) is 46.9 Å². The van der Waals surface area contributed by atoms with E-state index in [9.17, 15) is 9.59 Å². The molecule has 0 aromatic heterocycles. The van der Waals surface area contributed by atoms with Crippen molar-refractivity contribution in [2.75, 3.05) is 10.2 Å². The lowest BCUT2D eigenvalue weighted by atomic mass is 9.81. The van der Waals surface area contributed by atoms with Gasteiger partial charge in [0.1, 0.15) is 0 Å². The number of hydrogen-bond acceptors (Lipinski definition) is 3. The molecule has 4 nitrogen and oxygen atoms in total. The standard InChI is InChI=1S/C33H32N2O2/c1-23-33(2,3)29-18-17-28(34-32(37)27-15-8-5-9-16-27)21-30(29)35(23)22-25-12-10-11-24(19-25)20-31(36)26-13-6-4-7-14-26/h4-19,21,23H,20,22H2,1-3H3,(H,34,37). The van der Waals surface area contributed by atoms with Crippen molar-refractivity contribution in [1.82, 2.24) is 0 Å². The van der Waals surface area contributed by atoms with Crippen LogP contribution in [0.25, 0.3) is 0 Å². The van der Waals surface area contributed by atoms with Gasteiger partial charge in [0.15, 0.2) is 5.78 Å². The molecule has 4 aromatic rings. The summed E-state index contributed by atoms with van der Waals surface area (Å²) in [4.78, 5) is 27.9. The van der Waals surface area contributed by atoms with Gasteiger partial charge in [-0.25, -0.2) is 0 Å². The second-order valence-electron chi connectivity index (χ2n) is 10.4. The summed E-state index contributed by atoms with van der Waals surface area (Å²) in [7, 11) is 0. The third kappa shape index (κ3) is 5.05. The van der Waals surface area contributed by atoms with Crippen molar-refractivity contribution in [2.24, 2.45) is 0 Å². The van der Waals surface area contributed by atoms with Crippen LogP contribution in [0.4, 0.5) is 11.4 Å². The first-order valence-corrected chi connectivity index (χ1v) is 12.8. The molecule has 0 saturated carbocycles. The maximum atomic E-state index is 12.8. The zero-order chi connectivity index (χ0) is 26.0. The summed E-state index contributed by atoms with van der Waals surface area (Å²) in [6, 6.07) is 33.5. The molecule has 0 radical (unpaired) electrons. The molecule has 0 spiro atoms. The lowest BCUT2D eigenvalue weighted by Crippen LogP contribution is -2.38. The zero-order valence-electron chi connectivity index (χ0n) is 21.6. The molecule has 0 saturated heterocycles. The van der Waals surface area contributed by atoms with Gasteiger partial charge in [0.05, 0.1) is 0 Å². The Bertz CT molecular complexity index is 1430. The molecule has 1 unspecified atom stereocenters. The summed E-state index contributed by atoms with van der Waals surface area (Å²) in [6.07, 6.45) is 0.380. The maximum Gasteiger partial charge on any atom is 0.255 e. The van der Waals surface area contributed by atoms with Crippen molar-refractivity contribution in [1.29, 1.82) is 0 Å². The van der Waals surface area contributed by atoms with Crippen molar-refractivity contribution in [3.63, 3.8) is 0 Å². The highest BCUT2D eigenvalue weighted by atomic mass is 16.1. The van der Waals surface area contributed by atoms with E-state index in [-0.39, 0.29) is 23.1 Å². The normalized spacial score (nSPS) is 15.8. The van der Waals surface area contributed by atoms with Crippen molar-refractivity contribution < 1.29 is 9.59 Å². The largest absolute Gasteiger partial charge is 0.363 e. The van der Waals surface area contributed by atoms with Gasteiger partial charge in [0.2, 0.25) is 0 Å². The summed E-state index contributed by atoms with van der Waals surface area (Å²) >= 11 is 0. The Kier molecular flexibility index (Phi) is 6.66. The number of carbonyl (C=O) groups is 2. The van der Waals surface area contributed by atoms with Gasteiger partial charge < -0.3 is 10.2 Å². The fourth-order valence-electron chi connectivity index (χ4n) is 5.18. The van der Waals surface area contributed by atoms with E-state index >= 15 is 0 Å². The first kappa shape index (κ1) is 24.5. The fourth-order valence-corrected chi connectivity index (χ4v) is 5.18. The highest BCUT2D eigenvalue weighted by molar-refractivity contribution is 6.04. The minimum atomic E-state index is -0.117. The first-order chi connectivity index (χ1) is 17.8. The third-order valence-electron chi connectivity index (χ3n) is 7.61. The first-order valence-electron chi connectivity index (χ1n) is 12.8. The molecule has 5 rings (SSSR count). The summed E-state index contributed by atoms with van der Waals surface area (Å²) in [6.45, 7) is 7.52. The number of anilines is 2. The van der Waals surface area contributed by atoms with Crippen LogP contribution in [0, 0.1) is 0 Å². The number of carbonyl (C=O) groups excluding carboxylic acids is 2. The molecule has 186 valence electrons. The number of hydrogen-bond donors (Lipinski definition) is 1. The molecule has 0 bridgehead atoms. The van der Waals surface area contributed by atoms with Gasteiger partial charge >= 0.3 is 0 Å². The topological polar surface area (TPSA) is 49.4 Å². The van der Waals surface area contributed by atoms with Crippen LogP contribution in [-0.2, 0) is 18.4 Å². The highest BCUT2D eigenvalue weighted by Gasteiger charge is 2.41. The van der Waals surface area contributed by atoms with E-state index in [0.29, 0.717) is 12.0 Å². The average molecular weight is 489 g/mol. The molecule has 1 aliphatic rings.